The molecule has 0 amide bonds. The van der Waals surface area contributed by atoms with Crippen molar-refractivity contribution in [3.05, 3.63) is 12.2 Å². The number of halogens is 1. The molecule has 0 saturated carbocycles. The Hall–Kier alpha value is -0.350. The monoisotopic (exact) mass is 264 g/mol. The largest absolute Gasteiger partial charge is 0.463 e. The van der Waals surface area contributed by atoms with Crippen molar-refractivity contribution < 1.29 is 14.3 Å². The highest BCUT2D eigenvalue weighted by molar-refractivity contribution is 9.10. The van der Waals surface area contributed by atoms with E-state index < -0.39 is 0 Å². The van der Waals surface area contributed by atoms with Crippen LogP contribution in [0.3, 0.4) is 0 Å². The highest BCUT2D eigenvalue weighted by Gasteiger charge is 2.14. The van der Waals surface area contributed by atoms with Crippen LogP contribution in [0.1, 0.15) is 20.8 Å². The minimum Gasteiger partial charge on any atom is -0.463 e. The first-order valence-corrected chi connectivity index (χ1v) is 5.27. The average molecular weight is 265 g/mol. The summed E-state index contributed by atoms with van der Waals surface area (Å²) >= 11 is 3.43. The number of alkyl halides is 1. The molecule has 0 heterocycles. The first kappa shape index (κ1) is 13.7. The maximum atomic E-state index is 11.1. The lowest BCUT2D eigenvalue weighted by Crippen LogP contribution is -2.21. The second-order valence-corrected chi connectivity index (χ2v) is 5.68. The zero-order valence-corrected chi connectivity index (χ0v) is 10.5. The molecule has 4 heteroatoms. The zero-order valence-electron chi connectivity index (χ0n) is 8.93. The van der Waals surface area contributed by atoms with Gasteiger partial charge >= 0.3 is 5.97 Å². The molecule has 0 fully saturated rings. The van der Waals surface area contributed by atoms with E-state index in [1.165, 1.54) is 0 Å². The lowest BCUT2D eigenvalue weighted by molar-refractivity contribution is -0.139. The molecule has 3 nitrogen and oxygen atoms in total. The maximum absolute atomic E-state index is 11.1. The second kappa shape index (κ2) is 6.19. The van der Waals surface area contributed by atoms with Gasteiger partial charge in [0.05, 0.1) is 25.4 Å². The van der Waals surface area contributed by atoms with Gasteiger partial charge in [0.15, 0.2) is 0 Å². The van der Waals surface area contributed by atoms with Crippen LogP contribution in [0.2, 0.25) is 0 Å². The molecule has 0 rings (SSSR count). The summed E-state index contributed by atoms with van der Waals surface area (Å²) in [5, 5.41) is 0. The van der Waals surface area contributed by atoms with E-state index in [2.05, 4.69) is 22.5 Å². The first-order valence-electron chi connectivity index (χ1n) is 4.48. The minimum absolute atomic E-state index is 0.0814. The predicted molar refractivity (Wildman–Crippen MR) is 59.6 cm³/mol. The van der Waals surface area contributed by atoms with Crippen LogP contribution in [-0.4, -0.2) is 30.1 Å². The van der Waals surface area contributed by atoms with Crippen molar-refractivity contribution in [2.45, 2.75) is 25.1 Å². The standard InChI is InChI=1S/C10H17BrO3/c1-5-14-9(12)8(2)6-13-7-10(3,4)11/h2,5-7H2,1,3-4H3. The van der Waals surface area contributed by atoms with Crippen LogP contribution >= 0.6 is 15.9 Å². The topological polar surface area (TPSA) is 35.5 Å². The van der Waals surface area contributed by atoms with Crippen molar-refractivity contribution in [2.75, 3.05) is 19.8 Å². The average Bonchev–Trinajstić information content (AvgIpc) is 2.02. The molecule has 0 unspecified atom stereocenters. The van der Waals surface area contributed by atoms with Crippen molar-refractivity contribution >= 4 is 21.9 Å². The van der Waals surface area contributed by atoms with Gasteiger partial charge in [0.2, 0.25) is 0 Å². The molecule has 14 heavy (non-hydrogen) atoms. The SMILES string of the molecule is C=C(COCC(C)(C)Br)C(=O)OCC. The van der Waals surface area contributed by atoms with Gasteiger partial charge in [-0.2, -0.15) is 0 Å². The molecule has 0 radical (unpaired) electrons. The number of hydrogen-bond donors (Lipinski definition) is 0. The third kappa shape index (κ3) is 7.09. The number of rotatable bonds is 6. The molecule has 0 aromatic heterocycles. The first-order chi connectivity index (χ1) is 6.37. The number of hydrogen-bond acceptors (Lipinski definition) is 3. The minimum atomic E-state index is -0.389. The predicted octanol–water partition coefficient (Wildman–Crippen LogP) is 2.30. The van der Waals surface area contributed by atoms with Gasteiger partial charge in [-0.3, -0.25) is 0 Å². The van der Waals surface area contributed by atoms with Crippen LogP contribution in [0.25, 0.3) is 0 Å². The molecule has 0 aliphatic heterocycles. The third-order valence-corrected chi connectivity index (χ3v) is 1.51. The Morgan fingerprint density at radius 1 is 1.50 bits per heavy atom. The Morgan fingerprint density at radius 2 is 2.07 bits per heavy atom. The van der Waals surface area contributed by atoms with E-state index in [0.29, 0.717) is 18.8 Å². The van der Waals surface area contributed by atoms with E-state index in [-0.39, 0.29) is 16.9 Å². The summed E-state index contributed by atoms with van der Waals surface area (Å²) in [6.45, 7) is 10.4. The van der Waals surface area contributed by atoms with Crippen LogP contribution in [0.15, 0.2) is 12.2 Å². The zero-order chi connectivity index (χ0) is 11.2. The van der Waals surface area contributed by atoms with Crippen molar-refractivity contribution in [2.24, 2.45) is 0 Å². The Balaban J connectivity index is 3.70. The van der Waals surface area contributed by atoms with Crippen LogP contribution in [0.4, 0.5) is 0 Å². The Bertz CT molecular complexity index is 206. The van der Waals surface area contributed by atoms with E-state index in [0.717, 1.165) is 0 Å². The van der Waals surface area contributed by atoms with Crippen molar-refractivity contribution in [1.29, 1.82) is 0 Å². The molecule has 0 bridgehead atoms. The molecule has 0 aliphatic rings. The van der Waals surface area contributed by atoms with Crippen LogP contribution in [-0.2, 0) is 14.3 Å². The van der Waals surface area contributed by atoms with Gasteiger partial charge in [0, 0.05) is 4.32 Å². The Kier molecular flexibility index (Phi) is 6.04. The molecular weight excluding hydrogens is 248 g/mol. The molecule has 0 atom stereocenters. The van der Waals surface area contributed by atoms with E-state index >= 15 is 0 Å². The summed E-state index contributed by atoms with van der Waals surface area (Å²) in [5.41, 5.74) is 0.351. The van der Waals surface area contributed by atoms with Crippen LogP contribution in [0.5, 0.6) is 0 Å². The van der Waals surface area contributed by atoms with Gasteiger partial charge in [-0.1, -0.05) is 22.5 Å². The molecule has 0 spiro atoms. The van der Waals surface area contributed by atoms with E-state index in [1.807, 2.05) is 13.8 Å². The Labute approximate surface area is 93.6 Å². The molecule has 0 aromatic rings. The van der Waals surface area contributed by atoms with E-state index in [1.54, 1.807) is 6.92 Å². The number of esters is 1. The molecule has 0 aromatic carbocycles. The van der Waals surface area contributed by atoms with Gasteiger partial charge in [-0.25, -0.2) is 4.79 Å². The second-order valence-electron chi connectivity index (χ2n) is 3.54. The molecule has 0 saturated heterocycles. The van der Waals surface area contributed by atoms with Gasteiger partial charge in [-0.15, -0.1) is 0 Å². The van der Waals surface area contributed by atoms with Gasteiger partial charge in [0.1, 0.15) is 0 Å². The summed E-state index contributed by atoms with van der Waals surface area (Å²) in [5.74, 6) is -0.389. The molecule has 82 valence electrons. The lowest BCUT2D eigenvalue weighted by atomic mass is 10.2. The number of ether oxygens (including phenoxy) is 2. The van der Waals surface area contributed by atoms with E-state index in [9.17, 15) is 4.79 Å². The number of carbonyl (C=O) groups is 1. The highest BCUT2D eigenvalue weighted by atomic mass is 79.9. The summed E-state index contributed by atoms with van der Waals surface area (Å²) in [6.07, 6.45) is 0. The van der Waals surface area contributed by atoms with Gasteiger partial charge in [0.25, 0.3) is 0 Å². The Morgan fingerprint density at radius 3 is 2.50 bits per heavy atom. The van der Waals surface area contributed by atoms with Crippen LogP contribution < -0.4 is 0 Å². The smallest absolute Gasteiger partial charge is 0.335 e. The normalized spacial score (nSPS) is 11.1. The van der Waals surface area contributed by atoms with Crippen molar-refractivity contribution in [1.82, 2.24) is 0 Å². The third-order valence-electron chi connectivity index (χ3n) is 1.29. The summed E-state index contributed by atoms with van der Waals surface area (Å²) in [4.78, 5) is 11.1. The van der Waals surface area contributed by atoms with E-state index in [4.69, 9.17) is 9.47 Å². The van der Waals surface area contributed by atoms with Crippen molar-refractivity contribution in [3.63, 3.8) is 0 Å². The molecule has 0 aliphatic carbocycles. The molecular formula is C10H17BrO3. The van der Waals surface area contributed by atoms with Crippen LogP contribution in [0, 0.1) is 0 Å². The summed E-state index contributed by atoms with van der Waals surface area (Å²) in [7, 11) is 0. The van der Waals surface area contributed by atoms with Gasteiger partial charge in [-0.05, 0) is 20.8 Å². The lowest BCUT2D eigenvalue weighted by Gasteiger charge is -2.16. The fraction of sp³-hybridized carbons (Fsp3) is 0.700. The highest BCUT2D eigenvalue weighted by Crippen LogP contribution is 2.15. The van der Waals surface area contributed by atoms with Crippen molar-refractivity contribution in [3.8, 4) is 0 Å². The van der Waals surface area contributed by atoms with Gasteiger partial charge < -0.3 is 9.47 Å². The fourth-order valence-electron chi connectivity index (χ4n) is 0.709. The summed E-state index contributed by atoms with van der Waals surface area (Å²) in [6, 6.07) is 0. The quantitative estimate of drug-likeness (QED) is 0.420. The fourth-order valence-corrected chi connectivity index (χ4v) is 0.871. The number of carbonyl (C=O) groups excluding carboxylic acids is 1. The summed E-state index contributed by atoms with van der Waals surface area (Å²) < 4.78 is 9.95. The maximum Gasteiger partial charge on any atom is 0.335 e. The molecule has 0 N–H and O–H groups in total.